The van der Waals surface area contributed by atoms with E-state index < -0.39 is 0 Å². The fraction of sp³-hybridized carbons (Fsp3) is 0.125. The molecule has 0 atom stereocenters. The SMILES string of the molecule is Cc1cc2ncn(-c3ccc(C#N)cc3Cl)c2cc1C. The zero-order valence-electron chi connectivity index (χ0n) is 11.2. The predicted molar refractivity (Wildman–Crippen MR) is 80.3 cm³/mol. The number of rotatable bonds is 1. The van der Waals surface area contributed by atoms with Gasteiger partial charge in [0.2, 0.25) is 0 Å². The van der Waals surface area contributed by atoms with E-state index in [-0.39, 0.29) is 0 Å². The first kappa shape index (κ1) is 12.7. The topological polar surface area (TPSA) is 41.6 Å². The third-order valence-electron chi connectivity index (χ3n) is 3.50. The Bertz CT molecular complexity index is 856. The van der Waals surface area contributed by atoms with E-state index in [4.69, 9.17) is 16.9 Å². The smallest absolute Gasteiger partial charge is 0.100 e. The first-order chi connectivity index (χ1) is 9.60. The molecule has 2 aromatic carbocycles. The van der Waals surface area contributed by atoms with E-state index in [1.165, 1.54) is 11.1 Å². The van der Waals surface area contributed by atoms with Crippen molar-refractivity contribution in [1.29, 1.82) is 5.26 Å². The molecule has 0 amide bonds. The normalized spacial score (nSPS) is 10.7. The molecule has 0 fully saturated rings. The molecule has 0 saturated carbocycles. The Morgan fingerprint density at radius 2 is 1.90 bits per heavy atom. The second-order valence-electron chi connectivity index (χ2n) is 4.82. The molecule has 3 nitrogen and oxygen atoms in total. The van der Waals surface area contributed by atoms with Crippen LogP contribution >= 0.6 is 11.6 Å². The second kappa shape index (κ2) is 4.66. The van der Waals surface area contributed by atoms with E-state index in [2.05, 4.69) is 37.0 Å². The van der Waals surface area contributed by atoms with Gasteiger partial charge in [0, 0.05) is 0 Å². The van der Waals surface area contributed by atoms with Crippen LogP contribution in [0.4, 0.5) is 0 Å². The summed E-state index contributed by atoms with van der Waals surface area (Å²) in [5, 5.41) is 9.44. The van der Waals surface area contributed by atoms with Gasteiger partial charge in [-0.05, 0) is 55.3 Å². The Morgan fingerprint density at radius 1 is 1.15 bits per heavy atom. The van der Waals surface area contributed by atoms with Crippen LogP contribution in [0.5, 0.6) is 0 Å². The lowest BCUT2D eigenvalue weighted by molar-refractivity contribution is 1.09. The highest BCUT2D eigenvalue weighted by Gasteiger charge is 2.10. The summed E-state index contributed by atoms with van der Waals surface area (Å²) in [7, 11) is 0. The highest BCUT2D eigenvalue weighted by atomic mass is 35.5. The summed E-state index contributed by atoms with van der Waals surface area (Å²) < 4.78 is 1.95. The lowest BCUT2D eigenvalue weighted by Gasteiger charge is -2.08. The summed E-state index contributed by atoms with van der Waals surface area (Å²) in [5.41, 5.74) is 5.76. The number of imidazole rings is 1. The number of hydrogen-bond donors (Lipinski definition) is 0. The number of halogens is 1. The fourth-order valence-corrected chi connectivity index (χ4v) is 2.50. The molecule has 0 spiro atoms. The first-order valence-electron chi connectivity index (χ1n) is 6.24. The minimum atomic E-state index is 0.543. The van der Waals surface area contributed by atoms with Gasteiger partial charge in [-0.25, -0.2) is 4.98 Å². The highest BCUT2D eigenvalue weighted by Crippen LogP contribution is 2.27. The molecule has 0 saturated heterocycles. The second-order valence-corrected chi connectivity index (χ2v) is 5.22. The first-order valence-corrected chi connectivity index (χ1v) is 6.62. The monoisotopic (exact) mass is 281 g/mol. The Morgan fingerprint density at radius 3 is 2.60 bits per heavy atom. The maximum absolute atomic E-state index is 8.89. The van der Waals surface area contributed by atoms with E-state index in [9.17, 15) is 0 Å². The van der Waals surface area contributed by atoms with Crippen molar-refractivity contribution in [3.05, 3.63) is 58.4 Å². The van der Waals surface area contributed by atoms with Gasteiger partial charge in [0.1, 0.15) is 6.33 Å². The van der Waals surface area contributed by atoms with Gasteiger partial charge in [0.05, 0.1) is 33.4 Å². The van der Waals surface area contributed by atoms with Crippen LogP contribution in [0, 0.1) is 25.2 Å². The Kier molecular flexibility index (Phi) is 2.96. The molecule has 0 N–H and O–H groups in total. The fourth-order valence-electron chi connectivity index (χ4n) is 2.23. The van der Waals surface area contributed by atoms with Crippen molar-refractivity contribution in [2.45, 2.75) is 13.8 Å². The molecule has 98 valence electrons. The number of benzene rings is 2. The predicted octanol–water partition coefficient (Wildman–Crippen LogP) is 4.17. The van der Waals surface area contributed by atoms with Crippen LogP contribution in [0.25, 0.3) is 16.7 Å². The molecule has 0 unspecified atom stereocenters. The molecule has 0 aliphatic rings. The summed E-state index contributed by atoms with van der Waals surface area (Å²) in [6, 6.07) is 11.5. The minimum absolute atomic E-state index is 0.543. The Labute approximate surface area is 122 Å². The van der Waals surface area contributed by atoms with Crippen molar-refractivity contribution in [3.8, 4) is 11.8 Å². The van der Waals surface area contributed by atoms with Crippen molar-refractivity contribution >= 4 is 22.6 Å². The third kappa shape index (κ3) is 1.95. The van der Waals surface area contributed by atoms with Crippen molar-refractivity contribution in [2.75, 3.05) is 0 Å². The van der Waals surface area contributed by atoms with Crippen LogP contribution in [0.2, 0.25) is 5.02 Å². The summed E-state index contributed by atoms with van der Waals surface area (Å²) in [4.78, 5) is 4.42. The van der Waals surface area contributed by atoms with Crippen LogP contribution in [-0.2, 0) is 0 Å². The number of hydrogen-bond acceptors (Lipinski definition) is 2. The number of fused-ring (bicyclic) bond motifs is 1. The largest absolute Gasteiger partial charge is 0.297 e. The van der Waals surface area contributed by atoms with Gasteiger partial charge in [-0.2, -0.15) is 5.26 Å². The van der Waals surface area contributed by atoms with Crippen LogP contribution < -0.4 is 0 Å². The van der Waals surface area contributed by atoms with Crippen molar-refractivity contribution in [3.63, 3.8) is 0 Å². The molecule has 0 aliphatic heterocycles. The zero-order chi connectivity index (χ0) is 14.3. The van der Waals surface area contributed by atoms with Crippen LogP contribution in [0.3, 0.4) is 0 Å². The minimum Gasteiger partial charge on any atom is -0.297 e. The molecule has 20 heavy (non-hydrogen) atoms. The van der Waals surface area contributed by atoms with E-state index >= 15 is 0 Å². The van der Waals surface area contributed by atoms with E-state index in [1.807, 2.05) is 10.6 Å². The van der Waals surface area contributed by atoms with Gasteiger partial charge in [-0.15, -0.1) is 0 Å². The molecular formula is C16H12ClN3. The summed E-state index contributed by atoms with van der Waals surface area (Å²) >= 11 is 6.27. The third-order valence-corrected chi connectivity index (χ3v) is 3.80. The average Bonchev–Trinajstić information content (AvgIpc) is 2.82. The molecular weight excluding hydrogens is 270 g/mol. The zero-order valence-corrected chi connectivity index (χ0v) is 11.9. The number of nitrogens with zero attached hydrogens (tertiary/aromatic N) is 3. The van der Waals surface area contributed by atoms with Gasteiger partial charge < -0.3 is 0 Å². The van der Waals surface area contributed by atoms with Crippen LogP contribution in [0.1, 0.15) is 16.7 Å². The van der Waals surface area contributed by atoms with Crippen molar-refractivity contribution in [1.82, 2.24) is 9.55 Å². The van der Waals surface area contributed by atoms with Gasteiger partial charge >= 0.3 is 0 Å². The molecule has 4 heteroatoms. The van der Waals surface area contributed by atoms with Crippen molar-refractivity contribution in [2.24, 2.45) is 0 Å². The van der Waals surface area contributed by atoms with E-state index in [0.717, 1.165) is 16.7 Å². The molecule has 1 aromatic heterocycles. The van der Waals surface area contributed by atoms with Gasteiger partial charge in [-0.1, -0.05) is 11.6 Å². The summed E-state index contributed by atoms with van der Waals surface area (Å²) in [6.07, 6.45) is 1.76. The number of aryl methyl sites for hydroxylation is 2. The van der Waals surface area contributed by atoms with Crippen LogP contribution in [-0.4, -0.2) is 9.55 Å². The average molecular weight is 282 g/mol. The van der Waals surface area contributed by atoms with Crippen LogP contribution in [0.15, 0.2) is 36.7 Å². The van der Waals surface area contributed by atoms with Gasteiger partial charge in [-0.3, -0.25) is 4.57 Å². The van der Waals surface area contributed by atoms with Crippen molar-refractivity contribution < 1.29 is 0 Å². The maximum atomic E-state index is 8.89. The molecule has 1 heterocycles. The Balaban J connectivity index is 2.25. The standard InChI is InChI=1S/C16H12ClN3/c1-10-5-14-16(6-11(10)2)20(9-19-14)15-4-3-12(8-18)7-13(15)17/h3-7,9H,1-2H3. The molecule has 0 radical (unpaired) electrons. The highest BCUT2D eigenvalue weighted by molar-refractivity contribution is 6.32. The Hall–Kier alpha value is -2.31. The molecule has 0 aliphatic carbocycles. The summed E-state index contributed by atoms with van der Waals surface area (Å²) in [6.45, 7) is 4.15. The lowest BCUT2D eigenvalue weighted by atomic mass is 10.1. The quantitative estimate of drug-likeness (QED) is 0.672. The maximum Gasteiger partial charge on any atom is 0.100 e. The number of aromatic nitrogens is 2. The van der Waals surface area contributed by atoms with Gasteiger partial charge in [0.25, 0.3) is 0 Å². The van der Waals surface area contributed by atoms with Gasteiger partial charge in [0.15, 0.2) is 0 Å². The van der Waals surface area contributed by atoms with E-state index in [0.29, 0.717) is 10.6 Å². The molecule has 3 rings (SSSR count). The lowest BCUT2D eigenvalue weighted by Crippen LogP contribution is -1.94. The van der Waals surface area contributed by atoms with E-state index in [1.54, 1.807) is 18.5 Å². The molecule has 3 aromatic rings. The summed E-state index contributed by atoms with van der Waals surface area (Å²) in [5.74, 6) is 0. The molecule has 0 bridgehead atoms. The number of nitriles is 1.